The van der Waals surface area contributed by atoms with E-state index in [0.717, 1.165) is 6.42 Å². The van der Waals surface area contributed by atoms with Gasteiger partial charge in [-0.2, -0.15) is 0 Å². The molecule has 0 saturated heterocycles. The Bertz CT molecular complexity index is 863. The third-order valence-electron chi connectivity index (χ3n) is 5.38. The fourth-order valence-electron chi connectivity index (χ4n) is 4.30. The zero-order valence-corrected chi connectivity index (χ0v) is 16.7. The summed E-state index contributed by atoms with van der Waals surface area (Å²) in [6, 6.07) is 17.0. The molecule has 2 unspecified atom stereocenters. The summed E-state index contributed by atoms with van der Waals surface area (Å²) in [4.78, 5) is 0. The Morgan fingerprint density at radius 2 is 1.29 bits per heavy atom. The van der Waals surface area contributed by atoms with Crippen LogP contribution in [0.1, 0.15) is 44.0 Å². The molecular weight excluding hydrogens is 371 g/mol. The quantitative estimate of drug-likeness (QED) is 0.509. The van der Waals surface area contributed by atoms with Gasteiger partial charge < -0.3 is 0 Å². The molecule has 4 rings (SSSR count). The Morgan fingerprint density at radius 1 is 0.833 bits per heavy atom. The Hall–Kier alpha value is -0.916. The number of rotatable bonds is 3. The minimum atomic E-state index is -4.08. The number of halogens is 2. The summed E-state index contributed by atoms with van der Waals surface area (Å²) in [5, 5.41) is 0. The van der Waals surface area contributed by atoms with Gasteiger partial charge in [-0.3, -0.25) is 0 Å². The van der Waals surface area contributed by atoms with Crippen molar-refractivity contribution in [1.29, 1.82) is 0 Å². The first-order chi connectivity index (χ1) is 11.5. The summed E-state index contributed by atoms with van der Waals surface area (Å²) in [6.45, 7) is 2.14. The van der Waals surface area contributed by atoms with Crippen LogP contribution in [0.4, 0.5) is 0 Å². The molecule has 2 aromatic rings. The van der Waals surface area contributed by atoms with Crippen molar-refractivity contribution < 1.29 is 12.7 Å². The standard InChI is InChI=1S/2C9H7.C3H6.2ClH.Ti/c2*1-2-5-9-7-3-6-8(9)4-1;1-3-2;;;/h2*1-7H;1H,3H2,2H3;2*1H;/q;;;;;+2/p-2. The number of allylic oxidation sites excluding steroid dienone is 2. The maximum absolute atomic E-state index is 7.56. The molecule has 0 bridgehead atoms. The van der Waals surface area contributed by atoms with E-state index >= 15 is 0 Å². The molecule has 0 amide bonds. The fourth-order valence-corrected chi connectivity index (χ4v) is 15.4. The van der Waals surface area contributed by atoms with Crippen LogP contribution in [-0.4, -0.2) is 4.31 Å². The van der Waals surface area contributed by atoms with Gasteiger partial charge in [0.05, 0.1) is 0 Å². The summed E-state index contributed by atoms with van der Waals surface area (Å²) < 4.78 is 2.50. The second-order valence-corrected chi connectivity index (χ2v) is 20.9. The summed E-state index contributed by atoms with van der Waals surface area (Å²) in [5.74, 6) is 0. The van der Waals surface area contributed by atoms with Crippen LogP contribution in [0.5, 0.6) is 0 Å². The first kappa shape index (κ1) is 16.5. The molecule has 122 valence electrons. The van der Waals surface area contributed by atoms with Gasteiger partial charge in [0, 0.05) is 0 Å². The molecule has 0 saturated carbocycles. The normalized spacial score (nSPS) is 21.7. The molecule has 0 heterocycles. The van der Waals surface area contributed by atoms with Crippen molar-refractivity contribution >= 4 is 35.1 Å². The van der Waals surface area contributed by atoms with Crippen LogP contribution in [0, 0.1) is 0 Å². The van der Waals surface area contributed by atoms with Crippen LogP contribution >= 0.6 is 18.6 Å². The summed E-state index contributed by atoms with van der Waals surface area (Å²) in [7, 11) is 15.1. The molecule has 0 nitrogen and oxygen atoms in total. The number of benzene rings is 2. The molecule has 0 aromatic heterocycles. The summed E-state index contributed by atoms with van der Waals surface area (Å²) in [5.41, 5.74) is 5.06. The molecule has 2 aliphatic carbocycles. The van der Waals surface area contributed by atoms with Crippen molar-refractivity contribution in [3.8, 4) is 0 Å². The van der Waals surface area contributed by atoms with E-state index in [0.29, 0.717) is 0 Å². The van der Waals surface area contributed by atoms with Crippen LogP contribution < -0.4 is 0 Å². The minimum absolute atomic E-state index is 0.113. The fraction of sp³-hybridized carbons (Fsp3) is 0.190. The van der Waals surface area contributed by atoms with E-state index in [2.05, 4.69) is 84.1 Å². The van der Waals surface area contributed by atoms with E-state index in [4.69, 9.17) is 18.6 Å². The molecule has 0 spiro atoms. The van der Waals surface area contributed by atoms with Crippen LogP contribution in [-0.2, 0) is 12.7 Å². The van der Waals surface area contributed by atoms with E-state index in [9.17, 15) is 0 Å². The van der Waals surface area contributed by atoms with E-state index in [1.54, 1.807) is 0 Å². The molecule has 0 aliphatic heterocycles. The van der Waals surface area contributed by atoms with Crippen molar-refractivity contribution in [1.82, 2.24) is 0 Å². The monoisotopic (exact) mass is 390 g/mol. The number of hydrogen-bond donors (Lipinski definition) is 0. The van der Waals surface area contributed by atoms with Crippen LogP contribution in [0.25, 0.3) is 12.2 Å². The van der Waals surface area contributed by atoms with Gasteiger partial charge in [0.2, 0.25) is 0 Å². The van der Waals surface area contributed by atoms with Crippen molar-refractivity contribution in [2.45, 2.75) is 21.8 Å². The van der Waals surface area contributed by atoms with E-state index < -0.39 is 12.7 Å². The summed E-state index contributed by atoms with van der Waals surface area (Å²) >= 11 is -4.08. The molecule has 2 aliphatic rings. The number of hydrogen-bond acceptors (Lipinski definition) is 0. The Labute approximate surface area is 151 Å². The van der Waals surface area contributed by atoms with Crippen LogP contribution in [0.3, 0.4) is 0 Å². The van der Waals surface area contributed by atoms with Gasteiger partial charge in [-0.1, -0.05) is 0 Å². The van der Waals surface area contributed by atoms with Gasteiger partial charge in [0.1, 0.15) is 0 Å². The second kappa shape index (κ2) is 5.82. The Kier molecular flexibility index (Phi) is 4.01. The van der Waals surface area contributed by atoms with Gasteiger partial charge in [-0.25, -0.2) is 0 Å². The van der Waals surface area contributed by atoms with Gasteiger partial charge >= 0.3 is 153 Å². The van der Waals surface area contributed by atoms with E-state index in [1.165, 1.54) is 22.3 Å². The zero-order chi connectivity index (χ0) is 16.8. The average molecular weight is 391 g/mol. The third kappa shape index (κ3) is 2.36. The molecule has 2 aromatic carbocycles. The topological polar surface area (TPSA) is 0 Å². The van der Waals surface area contributed by atoms with Crippen molar-refractivity contribution in [2.75, 3.05) is 0 Å². The molecule has 0 fully saturated rings. The van der Waals surface area contributed by atoms with Gasteiger partial charge in [-0.15, -0.1) is 0 Å². The Balaban J connectivity index is 1.94. The zero-order valence-electron chi connectivity index (χ0n) is 13.6. The molecule has 3 heteroatoms. The van der Waals surface area contributed by atoms with Gasteiger partial charge in [0.25, 0.3) is 0 Å². The van der Waals surface area contributed by atoms with Crippen molar-refractivity contribution in [2.24, 2.45) is 0 Å². The number of fused-ring (bicyclic) bond motifs is 2. The molecule has 0 N–H and O–H groups in total. The molecule has 0 radical (unpaired) electrons. The first-order valence-corrected chi connectivity index (χ1v) is 15.5. The average Bonchev–Trinajstić information content (AvgIpc) is 3.20. The third-order valence-corrected chi connectivity index (χ3v) is 17.7. The molecular formula is C21H20Cl2Ti. The maximum atomic E-state index is 7.56. The second-order valence-electron chi connectivity index (χ2n) is 6.77. The van der Waals surface area contributed by atoms with Gasteiger partial charge in [-0.05, 0) is 0 Å². The predicted molar refractivity (Wildman–Crippen MR) is 104 cm³/mol. The molecule has 24 heavy (non-hydrogen) atoms. The van der Waals surface area contributed by atoms with Crippen molar-refractivity contribution in [3.63, 3.8) is 0 Å². The van der Waals surface area contributed by atoms with Crippen LogP contribution in [0.15, 0.2) is 60.7 Å². The Morgan fingerprint density at radius 3 is 1.75 bits per heavy atom. The van der Waals surface area contributed by atoms with E-state index in [-0.39, 0.29) is 8.45 Å². The first-order valence-electron chi connectivity index (χ1n) is 8.50. The summed E-state index contributed by atoms with van der Waals surface area (Å²) in [6.07, 6.45) is 9.73. The van der Waals surface area contributed by atoms with E-state index in [1.807, 2.05) is 0 Å². The predicted octanol–water partition coefficient (Wildman–Crippen LogP) is 6.73. The van der Waals surface area contributed by atoms with Crippen LogP contribution in [0.2, 0.25) is 0 Å². The SMILES string of the molecule is CC[CH]=[Ti]([Cl])([Cl])([CH]1C=Cc2ccccc21)[CH]1C=Cc2ccccc21. The van der Waals surface area contributed by atoms with Crippen molar-refractivity contribution in [3.05, 3.63) is 82.9 Å². The molecule has 2 atom stereocenters. The van der Waals surface area contributed by atoms with Gasteiger partial charge in [0.15, 0.2) is 0 Å².